The van der Waals surface area contributed by atoms with Gasteiger partial charge in [-0.25, -0.2) is 0 Å². The molecular weight excluding hydrogens is 230 g/mol. The largest absolute Gasteiger partial charge is 0.317 e. The normalized spacial score (nSPS) is 20.6. The fourth-order valence-corrected chi connectivity index (χ4v) is 3.22. The Balaban J connectivity index is 1.79. The Kier molecular flexibility index (Phi) is 4.95. The van der Waals surface area contributed by atoms with Crippen molar-refractivity contribution in [2.24, 2.45) is 5.92 Å². The highest BCUT2D eigenvalue weighted by atomic mass is 32.1. The van der Waals surface area contributed by atoms with Gasteiger partial charge in [0.25, 0.3) is 0 Å². The van der Waals surface area contributed by atoms with Crippen LogP contribution in [-0.2, 0) is 0 Å². The molecule has 96 valence electrons. The van der Waals surface area contributed by atoms with Crippen LogP contribution in [0.5, 0.6) is 0 Å². The molecule has 1 aromatic heterocycles. The number of likely N-dealkylation sites (tertiary alicyclic amines) is 1. The Morgan fingerprint density at radius 2 is 2.29 bits per heavy atom. The molecule has 0 aliphatic carbocycles. The number of hydrogen-bond acceptors (Lipinski definition) is 4. The molecule has 1 N–H and O–H groups in total. The lowest BCUT2D eigenvalue weighted by Crippen LogP contribution is -2.38. The van der Waals surface area contributed by atoms with Crippen molar-refractivity contribution < 1.29 is 0 Å². The first-order valence-electron chi connectivity index (χ1n) is 6.64. The lowest BCUT2D eigenvalue weighted by Gasteiger charge is -2.35. The van der Waals surface area contributed by atoms with Gasteiger partial charge in [0.2, 0.25) is 0 Å². The Bertz CT molecular complexity index is 304. The van der Waals surface area contributed by atoms with Gasteiger partial charge in [0.1, 0.15) is 0 Å². The maximum Gasteiger partial charge on any atom is 0.0794 e. The molecule has 1 atom stereocenters. The molecule has 1 aliphatic rings. The van der Waals surface area contributed by atoms with E-state index in [1.807, 2.05) is 11.7 Å². The average molecular weight is 253 g/mol. The Morgan fingerprint density at radius 1 is 1.53 bits per heavy atom. The number of piperidine rings is 1. The molecule has 3 nitrogen and oxygen atoms in total. The smallest absolute Gasteiger partial charge is 0.0794 e. The Hall–Kier alpha value is -0.450. The van der Waals surface area contributed by atoms with E-state index in [-0.39, 0.29) is 0 Å². The van der Waals surface area contributed by atoms with Crippen molar-refractivity contribution in [2.75, 3.05) is 26.2 Å². The van der Waals surface area contributed by atoms with Gasteiger partial charge in [0.15, 0.2) is 0 Å². The zero-order valence-corrected chi connectivity index (χ0v) is 11.7. The van der Waals surface area contributed by atoms with Gasteiger partial charge in [-0.1, -0.05) is 6.92 Å². The van der Waals surface area contributed by atoms with Crippen LogP contribution in [-0.4, -0.2) is 36.1 Å². The summed E-state index contributed by atoms with van der Waals surface area (Å²) in [6.07, 6.45) is 4.67. The van der Waals surface area contributed by atoms with Gasteiger partial charge in [-0.2, -0.15) is 0 Å². The standard InChI is InChI=1S/C13H23N3S/c1-3-14-8-12-4-6-16(7-5-12)11(2)13-9-15-10-17-13/h9-12,14H,3-8H2,1-2H3. The molecule has 0 spiro atoms. The average Bonchev–Trinajstić information content (AvgIpc) is 2.90. The van der Waals surface area contributed by atoms with Crippen LogP contribution in [0, 0.1) is 5.92 Å². The second kappa shape index (κ2) is 6.47. The third-order valence-corrected chi connectivity index (χ3v) is 4.69. The maximum absolute atomic E-state index is 4.18. The summed E-state index contributed by atoms with van der Waals surface area (Å²) in [5.41, 5.74) is 1.93. The number of aromatic nitrogens is 1. The van der Waals surface area contributed by atoms with E-state index < -0.39 is 0 Å². The molecular formula is C13H23N3S. The van der Waals surface area contributed by atoms with Crippen LogP contribution in [0.3, 0.4) is 0 Å². The van der Waals surface area contributed by atoms with E-state index in [1.54, 1.807) is 11.3 Å². The van der Waals surface area contributed by atoms with Gasteiger partial charge in [-0.3, -0.25) is 9.88 Å². The van der Waals surface area contributed by atoms with Crippen molar-refractivity contribution in [2.45, 2.75) is 32.7 Å². The highest BCUT2D eigenvalue weighted by molar-refractivity contribution is 7.09. The summed E-state index contributed by atoms with van der Waals surface area (Å²) < 4.78 is 0. The molecule has 0 saturated carbocycles. The number of hydrogen-bond donors (Lipinski definition) is 1. The van der Waals surface area contributed by atoms with Gasteiger partial charge in [-0.15, -0.1) is 11.3 Å². The van der Waals surface area contributed by atoms with Crippen LogP contribution >= 0.6 is 11.3 Å². The first kappa shape index (κ1) is 13.0. The molecule has 0 bridgehead atoms. The molecule has 2 heterocycles. The molecule has 2 rings (SSSR count). The Labute approximate surface area is 108 Å². The highest BCUT2D eigenvalue weighted by Gasteiger charge is 2.23. The number of nitrogens with one attached hydrogen (secondary N) is 1. The predicted molar refractivity (Wildman–Crippen MR) is 73.4 cm³/mol. The van der Waals surface area contributed by atoms with Crippen LogP contribution in [0.2, 0.25) is 0 Å². The van der Waals surface area contributed by atoms with E-state index in [2.05, 4.69) is 29.0 Å². The summed E-state index contributed by atoms with van der Waals surface area (Å²) in [6.45, 7) is 9.24. The third kappa shape index (κ3) is 3.50. The lowest BCUT2D eigenvalue weighted by atomic mass is 9.95. The van der Waals surface area contributed by atoms with Gasteiger partial charge >= 0.3 is 0 Å². The van der Waals surface area contributed by atoms with Crippen LogP contribution < -0.4 is 5.32 Å². The minimum Gasteiger partial charge on any atom is -0.317 e. The first-order chi connectivity index (χ1) is 8.31. The number of nitrogens with zero attached hydrogens (tertiary/aromatic N) is 2. The maximum atomic E-state index is 4.18. The quantitative estimate of drug-likeness (QED) is 0.874. The molecule has 1 saturated heterocycles. The van der Waals surface area contributed by atoms with Gasteiger partial charge in [-0.05, 0) is 51.9 Å². The van der Waals surface area contributed by atoms with Crippen molar-refractivity contribution in [3.8, 4) is 0 Å². The summed E-state index contributed by atoms with van der Waals surface area (Å²) in [5, 5.41) is 3.46. The van der Waals surface area contributed by atoms with Gasteiger partial charge < -0.3 is 5.32 Å². The number of rotatable bonds is 5. The fraction of sp³-hybridized carbons (Fsp3) is 0.769. The molecule has 0 radical (unpaired) electrons. The van der Waals surface area contributed by atoms with E-state index in [4.69, 9.17) is 0 Å². The summed E-state index contributed by atoms with van der Waals surface area (Å²) in [5.74, 6) is 0.875. The topological polar surface area (TPSA) is 28.2 Å². The number of thiazole rings is 1. The SMILES string of the molecule is CCNCC1CCN(C(C)c2cncs2)CC1. The van der Waals surface area contributed by atoms with Crippen molar-refractivity contribution >= 4 is 11.3 Å². The third-order valence-electron chi connectivity index (χ3n) is 3.74. The monoisotopic (exact) mass is 253 g/mol. The van der Waals surface area contributed by atoms with E-state index in [1.165, 1.54) is 37.4 Å². The summed E-state index contributed by atoms with van der Waals surface area (Å²) in [4.78, 5) is 8.17. The molecule has 1 fully saturated rings. The van der Waals surface area contributed by atoms with Crippen LogP contribution in [0.1, 0.15) is 37.6 Å². The fourth-order valence-electron chi connectivity index (χ4n) is 2.50. The first-order valence-corrected chi connectivity index (χ1v) is 7.52. The van der Waals surface area contributed by atoms with E-state index >= 15 is 0 Å². The zero-order valence-electron chi connectivity index (χ0n) is 10.9. The van der Waals surface area contributed by atoms with Crippen molar-refractivity contribution in [3.63, 3.8) is 0 Å². The van der Waals surface area contributed by atoms with Crippen molar-refractivity contribution in [3.05, 3.63) is 16.6 Å². The van der Waals surface area contributed by atoms with E-state index in [0.717, 1.165) is 12.5 Å². The minimum atomic E-state index is 0.544. The molecule has 1 aliphatic heterocycles. The van der Waals surface area contributed by atoms with Crippen molar-refractivity contribution in [1.29, 1.82) is 0 Å². The second-order valence-corrected chi connectivity index (χ2v) is 5.78. The molecule has 0 aromatic carbocycles. The minimum absolute atomic E-state index is 0.544. The van der Waals surface area contributed by atoms with Crippen LogP contribution in [0.25, 0.3) is 0 Å². The molecule has 17 heavy (non-hydrogen) atoms. The summed E-state index contributed by atoms with van der Waals surface area (Å²) in [7, 11) is 0. The van der Waals surface area contributed by atoms with Gasteiger partial charge in [0.05, 0.1) is 5.51 Å². The summed E-state index contributed by atoms with van der Waals surface area (Å²) >= 11 is 1.77. The Morgan fingerprint density at radius 3 is 2.88 bits per heavy atom. The second-order valence-electron chi connectivity index (χ2n) is 4.87. The molecule has 4 heteroatoms. The van der Waals surface area contributed by atoms with Crippen LogP contribution in [0.4, 0.5) is 0 Å². The summed E-state index contributed by atoms with van der Waals surface area (Å²) in [6, 6.07) is 0.544. The van der Waals surface area contributed by atoms with Gasteiger partial charge in [0, 0.05) is 17.1 Å². The molecule has 1 aromatic rings. The lowest BCUT2D eigenvalue weighted by molar-refractivity contribution is 0.142. The van der Waals surface area contributed by atoms with E-state index in [9.17, 15) is 0 Å². The molecule has 1 unspecified atom stereocenters. The van der Waals surface area contributed by atoms with E-state index in [0.29, 0.717) is 6.04 Å². The highest BCUT2D eigenvalue weighted by Crippen LogP contribution is 2.27. The zero-order chi connectivity index (χ0) is 12.1. The predicted octanol–water partition coefficient (Wildman–Crippen LogP) is 2.53. The molecule has 0 amide bonds. The van der Waals surface area contributed by atoms with Crippen molar-refractivity contribution in [1.82, 2.24) is 15.2 Å². The van der Waals surface area contributed by atoms with Crippen LogP contribution in [0.15, 0.2) is 11.7 Å².